The predicted octanol–water partition coefficient (Wildman–Crippen LogP) is 2.56. The number of benzene rings is 1. The Labute approximate surface area is 101 Å². The molecule has 1 atom stereocenters. The van der Waals surface area contributed by atoms with Gasteiger partial charge in [-0.2, -0.15) is 0 Å². The van der Waals surface area contributed by atoms with Gasteiger partial charge in [-0.15, -0.1) is 0 Å². The van der Waals surface area contributed by atoms with Crippen molar-refractivity contribution in [2.75, 3.05) is 0 Å². The third-order valence-electron chi connectivity index (χ3n) is 2.63. The first-order valence-corrected chi connectivity index (χ1v) is 5.19. The number of rotatable bonds is 3. The van der Waals surface area contributed by atoms with Crippen LogP contribution in [0.5, 0.6) is 0 Å². The fraction of sp³-hybridized carbons (Fsp3) is 0.167. The van der Waals surface area contributed by atoms with E-state index in [2.05, 4.69) is 5.43 Å². The van der Waals surface area contributed by atoms with Crippen LogP contribution in [0.3, 0.4) is 0 Å². The molecule has 0 fully saturated rings. The van der Waals surface area contributed by atoms with Crippen LogP contribution in [0, 0.1) is 24.4 Å². The minimum absolute atomic E-state index is 0.0859. The van der Waals surface area contributed by atoms with E-state index < -0.39 is 23.5 Å². The van der Waals surface area contributed by atoms with Gasteiger partial charge in [0.15, 0.2) is 17.5 Å². The summed E-state index contributed by atoms with van der Waals surface area (Å²) in [5.74, 6) is 1.91. The molecule has 18 heavy (non-hydrogen) atoms. The van der Waals surface area contributed by atoms with Crippen LogP contribution in [0.1, 0.15) is 22.9 Å². The van der Waals surface area contributed by atoms with Crippen LogP contribution in [-0.2, 0) is 0 Å². The van der Waals surface area contributed by atoms with Crippen LogP contribution < -0.4 is 11.3 Å². The second-order valence-corrected chi connectivity index (χ2v) is 3.85. The molecule has 1 aromatic carbocycles. The largest absolute Gasteiger partial charge is 0.469 e. The van der Waals surface area contributed by atoms with Crippen LogP contribution in [0.2, 0.25) is 0 Å². The SMILES string of the molecule is Cc1cc(C(NN)c2ccc(F)c(F)c2F)co1. The van der Waals surface area contributed by atoms with Crippen molar-refractivity contribution < 1.29 is 17.6 Å². The summed E-state index contributed by atoms with van der Waals surface area (Å²) < 4.78 is 44.7. The summed E-state index contributed by atoms with van der Waals surface area (Å²) in [6, 6.07) is 2.81. The average Bonchev–Trinajstić information content (AvgIpc) is 2.77. The Morgan fingerprint density at radius 2 is 1.94 bits per heavy atom. The van der Waals surface area contributed by atoms with Crippen LogP contribution in [0.15, 0.2) is 28.9 Å². The number of furan rings is 1. The van der Waals surface area contributed by atoms with Gasteiger partial charge in [-0.3, -0.25) is 5.84 Å². The molecule has 0 aliphatic heterocycles. The summed E-state index contributed by atoms with van der Waals surface area (Å²) in [5.41, 5.74) is 2.79. The predicted molar refractivity (Wildman–Crippen MR) is 58.9 cm³/mol. The highest BCUT2D eigenvalue weighted by atomic mass is 19.2. The lowest BCUT2D eigenvalue weighted by molar-refractivity contribution is 0.432. The highest BCUT2D eigenvalue weighted by Crippen LogP contribution is 2.27. The Morgan fingerprint density at radius 1 is 1.22 bits per heavy atom. The lowest BCUT2D eigenvalue weighted by Crippen LogP contribution is -2.29. The summed E-state index contributed by atoms with van der Waals surface area (Å²) >= 11 is 0. The van der Waals surface area contributed by atoms with Crippen molar-refractivity contribution in [1.29, 1.82) is 0 Å². The van der Waals surface area contributed by atoms with Crippen molar-refractivity contribution in [1.82, 2.24) is 5.43 Å². The quantitative estimate of drug-likeness (QED) is 0.504. The summed E-state index contributed by atoms with van der Waals surface area (Å²) in [6.45, 7) is 1.71. The van der Waals surface area contributed by atoms with E-state index in [0.29, 0.717) is 11.3 Å². The third kappa shape index (κ3) is 2.12. The first kappa shape index (κ1) is 12.7. The number of nitrogens with two attached hydrogens (primary N) is 1. The van der Waals surface area contributed by atoms with Gasteiger partial charge in [-0.05, 0) is 19.1 Å². The Kier molecular flexibility index (Phi) is 3.40. The topological polar surface area (TPSA) is 51.2 Å². The van der Waals surface area contributed by atoms with Gasteiger partial charge >= 0.3 is 0 Å². The van der Waals surface area contributed by atoms with Gasteiger partial charge in [0.05, 0.1) is 12.3 Å². The Hall–Kier alpha value is -1.79. The summed E-state index contributed by atoms with van der Waals surface area (Å²) in [5, 5.41) is 0. The minimum atomic E-state index is -1.52. The molecule has 0 radical (unpaired) electrons. The summed E-state index contributed by atoms with van der Waals surface area (Å²) in [7, 11) is 0. The fourth-order valence-corrected chi connectivity index (χ4v) is 1.74. The molecule has 0 saturated heterocycles. The number of nitrogens with one attached hydrogen (secondary N) is 1. The highest BCUT2D eigenvalue weighted by Gasteiger charge is 2.22. The molecule has 6 heteroatoms. The zero-order chi connectivity index (χ0) is 13.3. The van der Waals surface area contributed by atoms with Gasteiger partial charge in [0, 0.05) is 11.1 Å². The molecule has 2 aromatic rings. The monoisotopic (exact) mass is 256 g/mol. The van der Waals surface area contributed by atoms with Crippen molar-refractivity contribution in [2.45, 2.75) is 13.0 Å². The van der Waals surface area contributed by atoms with Crippen LogP contribution in [-0.4, -0.2) is 0 Å². The molecule has 0 bridgehead atoms. The molecule has 0 spiro atoms. The van der Waals surface area contributed by atoms with Crippen molar-refractivity contribution >= 4 is 0 Å². The zero-order valence-electron chi connectivity index (χ0n) is 9.51. The lowest BCUT2D eigenvalue weighted by atomic mass is 10.0. The van der Waals surface area contributed by atoms with Crippen LogP contribution in [0.25, 0.3) is 0 Å². The molecule has 3 N–H and O–H groups in total. The molecule has 96 valence electrons. The molecule has 1 aromatic heterocycles. The number of hydrazine groups is 1. The molecule has 0 aliphatic rings. The molecule has 0 amide bonds. The van der Waals surface area contributed by atoms with Gasteiger partial charge in [0.25, 0.3) is 0 Å². The maximum absolute atomic E-state index is 13.7. The van der Waals surface area contributed by atoms with Gasteiger partial charge in [-0.25, -0.2) is 18.6 Å². The maximum atomic E-state index is 13.7. The fourth-order valence-electron chi connectivity index (χ4n) is 1.74. The highest BCUT2D eigenvalue weighted by molar-refractivity contribution is 5.32. The molecule has 1 heterocycles. The third-order valence-corrected chi connectivity index (χ3v) is 2.63. The van der Waals surface area contributed by atoms with Crippen LogP contribution >= 0.6 is 0 Å². The van der Waals surface area contributed by atoms with E-state index in [1.807, 2.05) is 0 Å². The van der Waals surface area contributed by atoms with Crippen molar-refractivity contribution in [2.24, 2.45) is 5.84 Å². The van der Waals surface area contributed by atoms with Gasteiger partial charge in [0.2, 0.25) is 0 Å². The number of hydrogen-bond acceptors (Lipinski definition) is 3. The van der Waals surface area contributed by atoms with E-state index >= 15 is 0 Å². The second-order valence-electron chi connectivity index (χ2n) is 3.85. The maximum Gasteiger partial charge on any atom is 0.194 e. The normalized spacial score (nSPS) is 12.7. The molecule has 1 unspecified atom stereocenters. The zero-order valence-corrected chi connectivity index (χ0v) is 9.51. The molecular formula is C12H11F3N2O. The molecule has 2 rings (SSSR count). The number of hydrogen-bond donors (Lipinski definition) is 2. The molecule has 0 saturated carbocycles. The van der Waals surface area contributed by atoms with Crippen LogP contribution in [0.4, 0.5) is 13.2 Å². The number of halogens is 3. The minimum Gasteiger partial charge on any atom is -0.469 e. The van der Waals surface area contributed by atoms with Crippen molar-refractivity contribution in [3.63, 3.8) is 0 Å². The van der Waals surface area contributed by atoms with Crippen molar-refractivity contribution in [3.8, 4) is 0 Å². The van der Waals surface area contributed by atoms with E-state index in [4.69, 9.17) is 10.3 Å². The lowest BCUT2D eigenvalue weighted by Gasteiger charge is -2.15. The molecule has 0 aliphatic carbocycles. The number of aryl methyl sites for hydroxylation is 1. The smallest absolute Gasteiger partial charge is 0.194 e. The van der Waals surface area contributed by atoms with E-state index in [9.17, 15) is 13.2 Å². The van der Waals surface area contributed by atoms with E-state index in [1.165, 1.54) is 6.26 Å². The van der Waals surface area contributed by atoms with Gasteiger partial charge in [-0.1, -0.05) is 6.07 Å². The van der Waals surface area contributed by atoms with Gasteiger partial charge in [0.1, 0.15) is 5.76 Å². The average molecular weight is 256 g/mol. The van der Waals surface area contributed by atoms with E-state index in [0.717, 1.165) is 12.1 Å². The van der Waals surface area contributed by atoms with Crippen molar-refractivity contribution in [3.05, 3.63) is 58.8 Å². The van der Waals surface area contributed by atoms with Gasteiger partial charge < -0.3 is 4.42 Å². The Bertz CT molecular complexity index is 568. The first-order chi connectivity index (χ1) is 8.54. The summed E-state index contributed by atoms with van der Waals surface area (Å²) in [4.78, 5) is 0. The summed E-state index contributed by atoms with van der Waals surface area (Å²) in [6.07, 6.45) is 1.38. The Balaban J connectivity index is 2.49. The van der Waals surface area contributed by atoms with E-state index in [-0.39, 0.29) is 5.56 Å². The molecule has 3 nitrogen and oxygen atoms in total. The Morgan fingerprint density at radius 3 is 2.50 bits per heavy atom. The standard InChI is InChI=1S/C12H11F3N2O/c1-6-4-7(5-18-6)12(17-16)8-2-3-9(13)11(15)10(8)14/h2-5,12,17H,16H2,1H3. The second kappa shape index (κ2) is 4.83. The first-order valence-electron chi connectivity index (χ1n) is 5.19. The molecular weight excluding hydrogens is 245 g/mol. The van der Waals surface area contributed by atoms with E-state index in [1.54, 1.807) is 13.0 Å².